The molecule has 0 spiro atoms. The molecule has 0 amide bonds. The predicted molar refractivity (Wildman–Crippen MR) is 143 cm³/mol. The van der Waals surface area contributed by atoms with Gasteiger partial charge in [-0.05, 0) is 36.8 Å². The fourth-order valence-electron chi connectivity index (χ4n) is 4.65. The van der Waals surface area contributed by atoms with Crippen LogP contribution in [0, 0.1) is 0 Å². The van der Waals surface area contributed by atoms with E-state index in [-0.39, 0.29) is 48.9 Å². The van der Waals surface area contributed by atoms with Crippen molar-refractivity contribution in [2.45, 2.75) is 155 Å². The molecule has 0 unspecified atom stereocenters. The summed E-state index contributed by atoms with van der Waals surface area (Å²) in [5.41, 5.74) is 3.26. The van der Waals surface area contributed by atoms with Gasteiger partial charge in [-0.25, -0.2) is 0 Å². The van der Waals surface area contributed by atoms with E-state index >= 15 is 0 Å². The van der Waals surface area contributed by atoms with Crippen LogP contribution >= 0.6 is 0 Å². The molecule has 0 fully saturated rings. The molecule has 1 aromatic rings. The van der Waals surface area contributed by atoms with Gasteiger partial charge in [-0.2, -0.15) is 0 Å². The summed E-state index contributed by atoms with van der Waals surface area (Å²) in [5, 5.41) is 0. The van der Waals surface area contributed by atoms with Gasteiger partial charge in [0.1, 0.15) is 0 Å². The normalized spacial score (nSPS) is 10.9. The second-order valence-electron chi connectivity index (χ2n) is 9.63. The van der Waals surface area contributed by atoms with Crippen LogP contribution in [-0.4, -0.2) is 48.9 Å². The Balaban J connectivity index is 0.00000900. The Bertz CT molecular complexity index is 424. The van der Waals surface area contributed by atoms with Crippen LogP contribution in [0.5, 0.6) is 0 Å². The molecule has 0 heterocycles. The summed E-state index contributed by atoms with van der Waals surface area (Å²) in [5.74, 6) is 0. The van der Waals surface area contributed by atoms with Gasteiger partial charge < -0.3 is 0 Å². The van der Waals surface area contributed by atoms with E-state index in [1.54, 1.807) is 11.1 Å². The van der Waals surface area contributed by atoms with Gasteiger partial charge in [-0.3, -0.25) is 0 Å². The Labute approximate surface area is 237 Å². The monoisotopic (exact) mass is 552 g/mol. The quantitative estimate of drug-likeness (QED) is 0.0993. The second kappa shape index (κ2) is 25.4. The van der Waals surface area contributed by atoms with Crippen LogP contribution in [0.25, 0.3) is 0 Å². The Hall–Kier alpha value is 0.791. The van der Waals surface area contributed by atoms with Crippen molar-refractivity contribution < 1.29 is 0 Å². The zero-order valence-corrected chi connectivity index (χ0v) is 26.0. The summed E-state index contributed by atoms with van der Waals surface area (Å²) < 4.78 is 0. The van der Waals surface area contributed by atoms with Crippen molar-refractivity contribution >= 4 is 48.9 Å². The maximum absolute atomic E-state index is 2.39. The van der Waals surface area contributed by atoms with Gasteiger partial charge >= 0.3 is 48.9 Å². The molecule has 0 aliphatic rings. The molecule has 0 aliphatic carbocycles. The SMILES string of the molecule is CCCCCCCCCCCCc1ccccc1CCCCCCCCCCCC.[Ba+2]. The molecular weight excluding hydrogens is 498 g/mol. The molecule has 1 aromatic carbocycles. The zero-order chi connectivity index (χ0) is 21.5. The van der Waals surface area contributed by atoms with Gasteiger partial charge in [0, 0.05) is 0 Å². The molecule has 0 aromatic heterocycles. The first-order valence-electron chi connectivity index (χ1n) is 13.9. The molecule has 0 saturated carbocycles. The number of benzene rings is 1. The van der Waals surface area contributed by atoms with Crippen LogP contribution in [-0.2, 0) is 12.8 Å². The van der Waals surface area contributed by atoms with Crippen LogP contribution in [0.2, 0.25) is 0 Å². The molecule has 0 N–H and O–H groups in total. The zero-order valence-electron chi connectivity index (χ0n) is 21.6. The van der Waals surface area contributed by atoms with Crippen LogP contribution in [0.1, 0.15) is 153 Å². The van der Waals surface area contributed by atoms with E-state index in [0.717, 1.165) is 0 Å². The van der Waals surface area contributed by atoms with Gasteiger partial charge in [0.2, 0.25) is 0 Å². The van der Waals surface area contributed by atoms with Crippen LogP contribution in [0.3, 0.4) is 0 Å². The minimum Gasteiger partial charge on any atom is -0.0654 e. The molecule has 0 atom stereocenters. The van der Waals surface area contributed by atoms with Crippen molar-refractivity contribution in [1.82, 2.24) is 0 Å². The minimum atomic E-state index is 0. The van der Waals surface area contributed by atoms with Crippen LogP contribution in [0.15, 0.2) is 24.3 Å². The van der Waals surface area contributed by atoms with E-state index < -0.39 is 0 Å². The third-order valence-electron chi connectivity index (χ3n) is 6.72. The molecule has 1 heteroatoms. The van der Waals surface area contributed by atoms with Gasteiger partial charge in [0.15, 0.2) is 0 Å². The summed E-state index contributed by atoms with van der Waals surface area (Å²) in [7, 11) is 0. The minimum absolute atomic E-state index is 0. The summed E-state index contributed by atoms with van der Waals surface area (Å²) >= 11 is 0. The Morgan fingerprint density at radius 2 is 0.645 bits per heavy atom. The summed E-state index contributed by atoms with van der Waals surface area (Å²) in [6.07, 6.45) is 31.2. The molecule has 31 heavy (non-hydrogen) atoms. The van der Waals surface area contributed by atoms with Gasteiger partial charge in [0.05, 0.1) is 0 Å². The van der Waals surface area contributed by atoms with E-state index in [1.807, 2.05) is 0 Å². The van der Waals surface area contributed by atoms with E-state index in [0.29, 0.717) is 0 Å². The molecule has 0 saturated heterocycles. The Kier molecular flexibility index (Phi) is 26.1. The van der Waals surface area contributed by atoms with Crippen molar-refractivity contribution in [2.24, 2.45) is 0 Å². The predicted octanol–water partition coefficient (Wildman–Crippen LogP) is 10.2. The second-order valence-corrected chi connectivity index (χ2v) is 9.63. The number of unbranched alkanes of at least 4 members (excludes halogenated alkanes) is 18. The largest absolute Gasteiger partial charge is 2.00 e. The Morgan fingerprint density at radius 1 is 0.387 bits per heavy atom. The van der Waals surface area contributed by atoms with Gasteiger partial charge in [-0.1, -0.05) is 154 Å². The molecule has 0 radical (unpaired) electrons. The summed E-state index contributed by atoms with van der Waals surface area (Å²) in [6, 6.07) is 9.26. The van der Waals surface area contributed by atoms with E-state index in [9.17, 15) is 0 Å². The van der Waals surface area contributed by atoms with Crippen molar-refractivity contribution in [1.29, 1.82) is 0 Å². The van der Waals surface area contributed by atoms with Crippen LogP contribution < -0.4 is 0 Å². The van der Waals surface area contributed by atoms with E-state index in [2.05, 4.69) is 38.1 Å². The Morgan fingerprint density at radius 3 is 0.935 bits per heavy atom. The average molecular weight is 552 g/mol. The average Bonchev–Trinajstić information content (AvgIpc) is 2.77. The van der Waals surface area contributed by atoms with Crippen LogP contribution in [0.4, 0.5) is 0 Å². The smallest absolute Gasteiger partial charge is 0.0654 e. The third-order valence-corrected chi connectivity index (χ3v) is 6.72. The summed E-state index contributed by atoms with van der Waals surface area (Å²) in [6.45, 7) is 4.60. The number of aryl methyl sites for hydroxylation is 2. The molecule has 0 nitrogen and oxygen atoms in total. The first-order chi connectivity index (χ1) is 14.9. The molecule has 174 valence electrons. The van der Waals surface area contributed by atoms with Crippen molar-refractivity contribution in [3.05, 3.63) is 35.4 Å². The van der Waals surface area contributed by atoms with E-state index in [4.69, 9.17) is 0 Å². The van der Waals surface area contributed by atoms with Crippen molar-refractivity contribution in [3.63, 3.8) is 0 Å². The van der Waals surface area contributed by atoms with Crippen molar-refractivity contribution in [2.75, 3.05) is 0 Å². The number of hydrogen-bond donors (Lipinski definition) is 0. The molecule has 0 aliphatic heterocycles. The fraction of sp³-hybridized carbons (Fsp3) is 0.800. The molecular formula is C30H54Ba+2. The van der Waals surface area contributed by atoms with Crippen molar-refractivity contribution in [3.8, 4) is 0 Å². The van der Waals surface area contributed by atoms with E-state index in [1.165, 1.54) is 141 Å². The van der Waals surface area contributed by atoms with Gasteiger partial charge in [0.25, 0.3) is 0 Å². The topological polar surface area (TPSA) is 0 Å². The first-order valence-corrected chi connectivity index (χ1v) is 13.9. The standard InChI is InChI=1S/C30H54.Ba/c1-3-5-7-9-11-13-15-17-19-21-25-29-27-23-24-28-30(29)26-22-20-18-16-14-12-10-8-6-4-2;/h23-24,27-28H,3-22,25-26H2,1-2H3;/q;+2. The third kappa shape index (κ3) is 19.9. The summed E-state index contributed by atoms with van der Waals surface area (Å²) in [4.78, 5) is 0. The maximum Gasteiger partial charge on any atom is 2.00 e. The molecule has 1 rings (SSSR count). The number of rotatable bonds is 22. The molecule has 0 bridgehead atoms. The van der Waals surface area contributed by atoms with Gasteiger partial charge in [-0.15, -0.1) is 0 Å². The fourth-order valence-corrected chi connectivity index (χ4v) is 4.65. The number of hydrogen-bond acceptors (Lipinski definition) is 0. The first kappa shape index (κ1) is 31.8. The maximum atomic E-state index is 2.39.